The average molecular weight is 236 g/mol. The molecule has 0 aliphatic carbocycles. The number of anilines is 1. The second-order valence-electron chi connectivity index (χ2n) is 3.81. The molecule has 1 heterocycles. The van der Waals surface area contributed by atoms with Gasteiger partial charge >= 0.3 is 0 Å². The molecule has 1 unspecified atom stereocenters. The van der Waals surface area contributed by atoms with Crippen LogP contribution in [0.2, 0.25) is 0 Å². The van der Waals surface area contributed by atoms with Gasteiger partial charge in [-0.05, 0) is 13.0 Å². The minimum Gasteiger partial charge on any atom is -0.380 e. The van der Waals surface area contributed by atoms with Crippen molar-refractivity contribution in [2.75, 3.05) is 18.2 Å². The van der Waals surface area contributed by atoms with Crippen molar-refractivity contribution in [1.29, 1.82) is 0 Å². The molecule has 1 aliphatic heterocycles. The maximum absolute atomic E-state index is 5.17. The van der Waals surface area contributed by atoms with E-state index in [4.69, 9.17) is 4.74 Å². The lowest BCUT2D eigenvalue weighted by atomic mass is 10.2. The van der Waals surface area contributed by atoms with E-state index in [1.54, 1.807) is 18.9 Å². The van der Waals surface area contributed by atoms with Gasteiger partial charge in [-0.2, -0.15) is 0 Å². The van der Waals surface area contributed by atoms with Crippen molar-refractivity contribution in [1.82, 2.24) is 0 Å². The highest BCUT2D eigenvalue weighted by atomic mass is 32.2. The molecule has 0 fully saturated rings. The van der Waals surface area contributed by atoms with Crippen LogP contribution in [0.15, 0.2) is 29.3 Å². The van der Waals surface area contributed by atoms with Gasteiger partial charge < -0.3 is 10.1 Å². The summed E-state index contributed by atoms with van der Waals surface area (Å²) in [5.74, 6) is 1.06. The zero-order valence-corrected chi connectivity index (χ0v) is 10.4. The fourth-order valence-electron chi connectivity index (χ4n) is 1.58. The highest BCUT2D eigenvalue weighted by molar-refractivity contribution is 8.14. The Morgan fingerprint density at radius 2 is 2.31 bits per heavy atom. The third-order valence-corrected chi connectivity index (χ3v) is 3.49. The SMILES string of the molecule is COCc1ccccc1NC1=NC(C)CS1. The van der Waals surface area contributed by atoms with Crippen LogP contribution >= 0.6 is 11.8 Å². The van der Waals surface area contributed by atoms with E-state index in [1.165, 1.54) is 0 Å². The van der Waals surface area contributed by atoms with E-state index in [0.717, 1.165) is 22.2 Å². The first-order valence-corrected chi connectivity index (χ1v) is 6.32. The van der Waals surface area contributed by atoms with Crippen molar-refractivity contribution < 1.29 is 4.74 Å². The molecule has 1 aliphatic rings. The van der Waals surface area contributed by atoms with Gasteiger partial charge in [0.15, 0.2) is 5.17 Å². The maximum atomic E-state index is 5.17. The van der Waals surface area contributed by atoms with Crippen molar-refractivity contribution in [3.63, 3.8) is 0 Å². The molecule has 0 amide bonds. The highest BCUT2D eigenvalue weighted by Crippen LogP contribution is 2.22. The van der Waals surface area contributed by atoms with E-state index >= 15 is 0 Å². The third-order valence-electron chi connectivity index (χ3n) is 2.36. The van der Waals surface area contributed by atoms with Crippen molar-refractivity contribution >= 4 is 22.6 Å². The van der Waals surface area contributed by atoms with Crippen LogP contribution in [-0.2, 0) is 11.3 Å². The molecular weight excluding hydrogens is 220 g/mol. The van der Waals surface area contributed by atoms with Crippen molar-refractivity contribution in [2.45, 2.75) is 19.6 Å². The molecule has 0 spiro atoms. The fourth-order valence-corrected chi connectivity index (χ4v) is 2.49. The van der Waals surface area contributed by atoms with Gasteiger partial charge in [-0.25, -0.2) is 0 Å². The summed E-state index contributed by atoms with van der Waals surface area (Å²) in [6, 6.07) is 8.58. The first-order chi connectivity index (χ1) is 7.79. The Balaban J connectivity index is 2.11. The molecule has 0 aromatic heterocycles. The number of amidine groups is 1. The molecule has 16 heavy (non-hydrogen) atoms. The predicted molar refractivity (Wildman–Crippen MR) is 70.1 cm³/mol. The van der Waals surface area contributed by atoms with Crippen molar-refractivity contribution in [2.24, 2.45) is 4.99 Å². The highest BCUT2D eigenvalue weighted by Gasteiger charge is 2.14. The summed E-state index contributed by atoms with van der Waals surface area (Å²) in [4.78, 5) is 4.51. The molecule has 2 rings (SSSR count). The monoisotopic (exact) mass is 236 g/mol. The van der Waals surface area contributed by atoms with Gasteiger partial charge in [0.05, 0.1) is 12.6 Å². The van der Waals surface area contributed by atoms with Gasteiger partial charge in [0.1, 0.15) is 0 Å². The number of thioether (sulfide) groups is 1. The van der Waals surface area contributed by atoms with Gasteiger partial charge in [0.2, 0.25) is 0 Å². The Hall–Kier alpha value is -1.000. The summed E-state index contributed by atoms with van der Waals surface area (Å²) in [7, 11) is 1.71. The lowest BCUT2D eigenvalue weighted by Gasteiger charge is -2.10. The summed E-state index contributed by atoms with van der Waals surface area (Å²) in [6.07, 6.45) is 0. The molecule has 0 bridgehead atoms. The molecule has 1 aromatic carbocycles. The van der Waals surface area contributed by atoms with Gasteiger partial charge in [0, 0.05) is 24.1 Å². The molecule has 1 aromatic rings. The van der Waals surface area contributed by atoms with E-state index < -0.39 is 0 Å². The van der Waals surface area contributed by atoms with Crippen LogP contribution in [0.25, 0.3) is 0 Å². The zero-order chi connectivity index (χ0) is 11.4. The van der Waals surface area contributed by atoms with E-state index in [0.29, 0.717) is 12.6 Å². The molecule has 1 N–H and O–H groups in total. The fraction of sp³-hybridized carbons (Fsp3) is 0.417. The minimum atomic E-state index is 0.419. The average Bonchev–Trinajstić information content (AvgIpc) is 2.67. The number of methoxy groups -OCH3 is 1. The summed E-state index contributed by atoms with van der Waals surface area (Å²) >= 11 is 1.77. The van der Waals surface area contributed by atoms with Gasteiger partial charge in [-0.3, -0.25) is 4.99 Å². The zero-order valence-electron chi connectivity index (χ0n) is 9.56. The topological polar surface area (TPSA) is 33.6 Å². The molecule has 0 radical (unpaired) electrons. The summed E-state index contributed by atoms with van der Waals surface area (Å²) in [5.41, 5.74) is 2.25. The Morgan fingerprint density at radius 1 is 1.50 bits per heavy atom. The molecule has 1 atom stereocenters. The van der Waals surface area contributed by atoms with E-state index in [2.05, 4.69) is 29.4 Å². The first-order valence-electron chi connectivity index (χ1n) is 5.34. The lowest BCUT2D eigenvalue weighted by Crippen LogP contribution is -2.07. The quantitative estimate of drug-likeness (QED) is 0.876. The molecule has 86 valence electrons. The number of hydrogen-bond acceptors (Lipinski definition) is 4. The standard InChI is InChI=1S/C12H16N2OS/c1-9-8-16-12(13-9)14-11-6-4-3-5-10(11)7-15-2/h3-6,9H,7-8H2,1-2H3,(H,13,14). The Morgan fingerprint density at radius 3 is 3.00 bits per heavy atom. The van der Waals surface area contributed by atoms with Crippen molar-refractivity contribution in [3.8, 4) is 0 Å². The Bertz CT molecular complexity index is 392. The first kappa shape index (κ1) is 11.5. The van der Waals surface area contributed by atoms with E-state index in [-0.39, 0.29) is 0 Å². The van der Waals surface area contributed by atoms with Crippen LogP contribution in [0, 0.1) is 0 Å². The van der Waals surface area contributed by atoms with Crippen LogP contribution in [0.1, 0.15) is 12.5 Å². The van der Waals surface area contributed by atoms with E-state index in [1.807, 2.05) is 12.1 Å². The van der Waals surface area contributed by atoms with Gasteiger partial charge in [-0.1, -0.05) is 30.0 Å². The molecular formula is C12H16N2OS. The van der Waals surface area contributed by atoms with Crippen LogP contribution in [0.3, 0.4) is 0 Å². The van der Waals surface area contributed by atoms with Crippen LogP contribution in [-0.4, -0.2) is 24.1 Å². The second-order valence-corrected chi connectivity index (χ2v) is 4.82. The molecule has 0 saturated carbocycles. The Kier molecular flexibility index (Phi) is 3.85. The molecule has 3 nitrogen and oxygen atoms in total. The maximum Gasteiger partial charge on any atom is 0.161 e. The van der Waals surface area contributed by atoms with E-state index in [9.17, 15) is 0 Å². The normalized spacial score (nSPS) is 19.6. The number of para-hydroxylation sites is 1. The van der Waals surface area contributed by atoms with Gasteiger partial charge in [-0.15, -0.1) is 0 Å². The Labute approximate surface area is 100 Å². The van der Waals surface area contributed by atoms with Crippen molar-refractivity contribution in [3.05, 3.63) is 29.8 Å². The van der Waals surface area contributed by atoms with Gasteiger partial charge in [0.25, 0.3) is 0 Å². The van der Waals surface area contributed by atoms with Crippen LogP contribution in [0.4, 0.5) is 5.69 Å². The number of ether oxygens (including phenoxy) is 1. The minimum absolute atomic E-state index is 0.419. The second kappa shape index (κ2) is 5.37. The number of nitrogens with one attached hydrogen (secondary N) is 1. The number of nitrogens with zero attached hydrogens (tertiary/aromatic N) is 1. The number of benzene rings is 1. The number of rotatable bonds is 3. The summed E-state index contributed by atoms with van der Waals surface area (Å²) in [5, 5.41) is 4.37. The van der Waals surface area contributed by atoms with Crippen LogP contribution in [0.5, 0.6) is 0 Å². The summed E-state index contributed by atoms with van der Waals surface area (Å²) < 4.78 is 5.17. The molecule has 4 heteroatoms. The summed E-state index contributed by atoms with van der Waals surface area (Å²) in [6.45, 7) is 2.75. The van der Waals surface area contributed by atoms with Crippen LogP contribution < -0.4 is 5.32 Å². The predicted octanol–water partition coefficient (Wildman–Crippen LogP) is 2.74. The number of hydrogen-bond donors (Lipinski definition) is 1. The molecule has 0 saturated heterocycles. The largest absolute Gasteiger partial charge is 0.380 e. The number of aliphatic imine (C=N–C) groups is 1. The smallest absolute Gasteiger partial charge is 0.161 e. The third kappa shape index (κ3) is 2.77. The lowest BCUT2D eigenvalue weighted by molar-refractivity contribution is 0.185.